The van der Waals surface area contributed by atoms with E-state index in [4.69, 9.17) is 10.5 Å². The minimum absolute atomic E-state index is 0.198. The van der Waals surface area contributed by atoms with Gasteiger partial charge in [-0.05, 0) is 12.3 Å². The van der Waals surface area contributed by atoms with Crippen molar-refractivity contribution in [2.24, 2.45) is 5.92 Å². The lowest BCUT2D eigenvalue weighted by Crippen LogP contribution is -2.43. The maximum absolute atomic E-state index is 9.83. The summed E-state index contributed by atoms with van der Waals surface area (Å²) in [5.41, 5.74) is 5.84. The van der Waals surface area contributed by atoms with Crippen LogP contribution < -0.4 is 15.5 Å². The Morgan fingerprint density at radius 1 is 1.10 bits per heavy atom. The Hall–Kier alpha value is -1.67. The highest BCUT2D eigenvalue weighted by Crippen LogP contribution is 2.22. The number of hydrogen-bond donors (Lipinski definition) is 2. The van der Waals surface area contributed by atoms with E-state index in [1.54, 1.807) is 0 Å². The average Bonchev–Trinajstić information content (AvgIpc) is 2.50. The topological polar surface area (TPSA) is 101 Å². The number of ether oxygens (including phenoxy) is 1. The van der Waals surface area contributed by atoms with E-state index >= 15 is 0 Å². The van der Waals surface area contributed by atoms with Crippen LogP contribution in [0.3, 0.4) is 0 Å². The Balaban J connectivity index is 1.80. The maximum Gasteiger partial charge on any atom is 0.232 e. The van der Waals surface area contributed by atoms with Crippen molar-refractivity contribution in [3.63, 3.8) is 0 Å². The molecule has 116 valence electrons. The second kappa shape index (κ2) is 5.98. The van der Waals surface area contributed by atoms with Gasteiger partial charge in [0.2, 0.25) is 17.8 Å². The predicted octanol–water partition coefficient (Wildman–Crippen LogP) is -0.502. The number of anilines is 3. The lowest BCUT2D eigenvalue weighted by Gasteiger charge is -2.35. The first kappa shape index (κ1) is 14.3. The molecule has 1 aromatic rings. The predicted molar refractivity (Wildman–Crippen MR) is 79.3 cm³/mol. The first-order valence-corrected chi connectivity index (χ1v) is 7.41. The standard InChI is InChI=1S/C13H22N6O2/c1-9-8-19(3-2-10(9)20)13-16-11(14)15-12(17-13)18-4-6-21-7-5-18/h9-10,20H,2-8H2,1H3,(H2,14,15,16,17). The Morgan fingerprint density at radius 3 is 2.43 bits per heavy atom. The number of morpholine rings is 1. The van der Waals surface area contributed by atoms with Crippen molar-refractivity contribution in [3.8, 4) is 0 Å². The fourth-order valence-electron chi connectivity index (χ4n) is 2.73. The molecule has 8 nitrogen and oxygen atoms in total. The Kier molecular flexibility index (Phi) is 4.07. The molecule has 0 radical (unpaired) electrons. The third kappa shape index (κ3) is 3.16. The largest absolute Gasteiger partial charge is 0.393 e. The average molecular weight is 294 g/mol. The molecule has 1 aromatic heterocycles. The van der Waals surface area contributed by atoms with Crippen molar-refractivity contribution in [1.82, 2.24) is 15.0 Å². The van der Waals surface area contributed by atoms with Crippen LogP contribution in [0.2, 0.25) is 0 Å². The number of rotatable bonds is 2. The fraction of sp³-hybridized carbons (Fsp3) is 0.769. The monoisotopic (exact) mass is 294 g/mol. The van der Waals surface area contributed by atoms with Gasteiger partial charge in [-0.25, -0.2) is 0 Å². The summed E-state index contributed by atoms with van der Waals surface area (Å²) in [6.45, 7) is 6.37. The summed E-state index contributed by atoms with van der Waals surface area (Å²) in [5.74, 6) is 1.64. The molecule has 3 N–H and O–H groups in total. The lowest BCUT2D eigenvalue weighted by molar-refractivity contribution is 0.0966. The van der Waals surface area contributed by atoms with Crippen molar-refractivity contribution in [2.75, 3.05) is 54.9 Å². The van der Waals surface area contributed by atoms with Crippen molar-refractivity contribution in [1.29, 1.82) is 0 Å². The van der Waals surface area contributed by atoms with Gasteiger partial charge < -0.3 is 25.4 Å². The molecule has 2 aliphatic heterocycles. The summed E-state index contributed by atoms with van der Waals surface area (Å²) in [6, 6.07) is 0. The van der Waals surface area contributed by atoms with Crippen molar-refractivity contribution < 1.29 is 9.84 Å². The quantitative estimate of drug-likeness (QED) is 0.753. The van der Waals surface area contributed by atoms with Crippen LogP contribution in [-0.2, 0) is 4.74 Å². The fourth-order valence-corrected chi connectivity index (χ4v) is 2.73. The van der Waals surface area contributed by atoms with Crippen LogP contribution in [0.5, 0.6) is 0 Å². The summed E-state index contributed by atoms with van der Waals surface area (Å²) < 4.78 is 5.34. The van der Waals surface area contributed by atoms with Gasteiger partial charge in [-0.1, -0.05) is 6.92 Å². The van der Waals surface area contributed by atoms with Gasteiger partial charge in [0.05, 0.1) is 19.3 Å². The Labute approximate surface area is 123 Å². The highest BCUT2D eigenvalue weighted by molar-refractivity contribution is 5.44. The van der Waals surface area contributed by atoms with Gasteiger partial charge in [-0.3, -0.25) is 0 Å². The molecule has 0 amide bonds. The van der Waals surface area contributed by atoms with Crippen LogP contribution in [-0.4, -0.2) is 65.6 Å². The normalized spacial score (nSPS) is 27.0. The molecule has 3 heterocycles. The summed E-state index contributed by atoms with van der Waals surface area (Å²) in [5, 5.41) is 9.83. The molecule has 2 aliphatic rings. The van der Waals surface area contributed by atoms with E-state index in [0.717, 1.165) is 32.6 Å². The zero-order valence-corrected chi connectivity index (χ0v) is 12.3. The van der Waals surface area contributed by atoms with Crippen LogP contribution in [0.15, 0.2) is 0 Å². The maximum atomic E-state index is 9.83. The molecule has 0 spiro atoms. The molecule has 3 rings (SSSR count). The number of nitrogens with two attached hydrogens (primary N) is 1. The number of nitrogens with zero attached hydrogens (tertiary/aromatic N) is 5. The second-order valence-corrected chi connectivity index (χ2v) is 5.67. The van der Waals surface area contributed by atoms with E-state index in [-0.39, 0.29) is 18.0 Å². The molecule has 0 bridgehead atoms. The van der Waals surface area contributed by atoms with Crippen molar-refractivity contribution in [2.45, 2.75) is 19.4 Å². The molecular formula is C13H22N6O2. The minimum Gasteiger partial charge on any atom is -0.393 e. The van der Waals surface area contributed by atoms with E-state index in [9.17, 15) is 5.11 Å². The minimum atomic E-state index is -0.251. The molecule has 0 saturated carbocycles. The van der Waals surface area contributed by atoms with Crippen LogP contribution in [0.4, 0.5) is 17.8 Å². The first-order chi connectivity index (χ1) is 10.1. The zero-order valence-electron chi connectivity index (χ0n) is 12.3. The number of hydrogen-bond acceptors (Lipinski definition) is 8. The van der Waals surface area contributed by atoms with E-state index in [1.807, 2.05) is 6.92 Å². The number of nitrogen functional groups attached to an aromatic ring is 1. The highest BCUT2D eigenvalue weighted by Gasteiger charge is 2.27. The Morgan fingerprint density at radius 2 is 1.76 bits per heavy atom. The third-order valence-electron chi connectivity index (χ3n) is 4.07. The highest BCUT2D eigenvalue weighted by atomic mass is 16.5. The van der Waals surface area contributed by atoms with Crippen LogP contribution in [0, 0.1) is 5.92 Å². The summed E-state index contributed by atoms with van der Waals surface area (Å²) >= 11 is 0. The molecule has 8 heteroatoms. The lowest BCUT2D eigenvalue weighted by atomic mass is 9.97. The third-order valence-corrected chi connectivity index (χ3v) is 4.07. The molecular weight excluding hydrogens is 272 g/mol. The van der Waals surface area contributed by atoms with Gasteiger partial charge in [-0.2, -0.15) is 15.0 Å². The number of aromatic nitrogens is 3. The molecule has 0 aliphatic carbocycles. The van der Waals surface area contributed by atoms with Crippen molar-refractivity contribution >= 4 is 17.8 Å². The summed E-state index contributed by atoms with van der Waals surface area (Å²) in [4.78, 5) is 17.2. The van der Waals surface area contributed by atoms with Crippen LogP contribution in [0.25, 0.3) is 0 Å². The smallest absolute Gasteiger partial charge is 0.232 e. The molecule has 21 heavy (non-hydrogen) atoms. The van der Waals surface area contributed by atoms with Crippen LogP contribution >= 0.6 is 0 Å². The summed E-state index contributed by atoms with van der Waals surface area (Å²) in [7, 11) is 0. The number of aliphatic hydroxyl groups excluding tert-OH is 1. The summed E-state index contributed by atoms with van der Waals surface area (Å²) in [6.07, 6.45) is 0.471. The molecule has 2 atom stereocenters. The van der Waals surface area contributed by atoms with E-state index in [2.05, 4.69) is 24.8 Å². The van der Waals surface area contributed by atoms with Crippen LogP contribution in [0.1, 0.15) is 13.3 Å². The molecule has 2 unspecified atom stereocenters. The van der Waals surface area contributed by atoms with E-state index in [1.165, 1.54) is 0 Å². The van der Waals surface area contributed by atoms with Gasteiger partial charge in [0, 0.05) is 26.2 Å². The molecule has 2 fully saturated rings. The van der Waals surface area contributed by atoms with E-state index < -0.39 is 0 Å². The SMILES string of the molecule is CC1CN(c2nc(N)nc(N3CCOCC3)n2)CCC1O. The van der Waals surface area contributed by atoms with Gasteiger partial charge >= 0.3 is 0 Å². The van der Waals surface area contributed by atoms with Gasteiger partial charge in [0.1, 0.15) is 0 Å². The number of piperidine rings is 1. The Bertz CT molecular complexity index is 494. The second-order valence-electron chi connectivity index (χ2n) is 5.67. The van der Waals surface area contributed by atoms with Gasteiger partial charge in [0.25, 0.3) is 0 Å². The number of aliphatic hydroxyl groups is 1. The van der Waals surface area contributed by atoms with Gasteiger partial charge in [-0.15, -0.1) is 0 Å². The molecule has 0 aromatic carbocycles. The van der Waals surface area contributed by atoms with Gasteiger partial charge in [0.15, 0.2) is 0 Å². The van der Waals surface area contributed by atoms with E-state index in [0.29, 0.717) is 25.1 Å². The first-order valence-electron chi connectivity index (χ1n) is 7.41. The zero-order chi connectivity index (χ0) is 14.8. The van der Waals surface area contributed by atoms with Crippen molar-refractivity contribution in [3.05, 3.63) is 0 Å². The molecule has 2 saturated heterocycles.